The third-order valence-corrected chi connectivity index (χ3v) is 2.49. The molecule has 0 aromatic heterocycles. The van der Waals surface area contributed by atoms with Gasteiger partial charge in [-0.25, -0.2) is 0 Å². The van der Waals surface area contributed by atoms with Crippen molar-refractivity contribution in [1.29, 1.82) is 0 Å². The highest BCUT2D eigenvalue weighted by Gasteiger charge is 2.33. The zero-order valence-corrected chi connectivity index (χ0v) is 10.1. The van der Waals surface area contributed by atoms with Gasteiger partial charge in [-0.15, -0.1) is 0 Å². The third kappa shape index (κ3) is 3.47. The molecule has 1 aliphatic rings. The standard InChI is InChI=1S/C11H21NO3/c1-9(2)15-7-10(13)12-5-6-14-8-11(12,3)4/h9H,5-8H2,1-4H3. The van der Waals surface area contributed by atoms with Crippen molar-refractivity contribution in [1.82, 2.24) is 4.90 Å². The Morgan fingerprint density at radius 2 is 2.20 bits per heavy atom. The van der Waals surface area contributed by atoms with Crippen LogP contribution in [0.5, 0.6) is 0 Å². The Morgan fingerprint density at radius 3 is 2.73 bits per heavy atom. The molecule has 1 rings (SSSR count). The van der Waals surface area contributed by atoms with Crippen molar-refractivity contribution in [2.75, 3.05) is 26.4 Å². The van der Waals surface area contributed by atoms with Gasteiger partial charge in [-0.2, -0.15) is 0 Å². The van der Waals surface area contributed by atoms with Gasteiger partial charge in [0.1, 0.15) is 6.61 Å². The lowest BCUT2D eigenvalue weighted by Gasteiger charge is -2.42. The van der Waals surface area contributed by atoms with Gasteiger partial charge in [-0.3, -0.25) is 4.79 Å². The summed E-state index contributed by atoms with van der Waals surface area (Å²) in [7, 11) is 0. The molecule has 0 aromatic rings. The largest absolute Gasteiger partial charge is 0.377 e. The van der Waals surface area contributed by atoms with Crippen LogP contribution in [0.1, 0.15) is 27.7 Å². The second-order valence-corrected chi connectivity index (χ2v) is 4.77. The third-order valence-electron chi connectivity index (χ3n) is 2.49. The molecule has 0 aliphatic carbocycles. The summed E-state index contributed by atoms with van der Waals surface area (Å²) in [4.78, 5) is 13.7. The summed E-state index contributed by atoms with van der Waals surface area (Å²) in [5.74, 6) is 0.0528. The van der Waals surface area contributed by atoms with E-state index in [1.165, 1.54) is 0 Å². The first-order chi connectivity index (χ1) is 6.93. The van der Waals surface area contributed by atoms with E-state index in [0.29, 0.717) is 19.8 Å². The summed E-state index contributed by atoms with van der Waals surface area (Å²) >= 11 is 0. The van der Waals surface area contributed by atoms with Crippen molar-refractivity contribution >= 4 is 5.91 Å². The van der Waals surface area contributed by atoms with Crippen molar-refractivity contribution < 1.29 is 14.3 Å². The van der Waals surface area contributed by atoms with Crippen LogP contribution in [0.4, 0.5) is 0 Å². The maximum Gasteiger partial charge on any atom is 0.249 e. The molecule has 88 valence electrons. The molecule has 0 radical (unpaired) electrons. The van der Waals surface area contributed by atoms with E-state index in [4.69, 9.17) is 9.47 Å². The molecule has 1 aliphatic heterocycles. The van der Waals surface area contributed by atoms with E-state index in [-0.39, 0.29) is 24.2 Å². The predicted octanol–water partition coefficient (Wildman–Crippen LogP) is 1.05. The van der Waals surface area contributed by atoms with Crippen LogP contribution in [0.15, 0.2) is 0 Å². The Balaban J connectivity index is 2.49. The first kappa shape index (κ1) is 12.5. The minimum atomic E-state index is -0.213. The van der Waals surface area contributed by atoms with Crippen molar-refractivity contribution in [2.45, 2.75) is 39.3 Å². The first-order valence-electron chi connectivity index (χ1n) is 5.43. The Hall–Kier alpha value is -0.610. The number of carbonyl (C=O) groups is 1. The second-order valence-electron chi connectivity index (χ2n) is 4.77. The van der Waals surface area contributed by atoms with Crippen LogP contribution in [-0.2, 0) is 14.3 Å². The Morgan fingerprint density at radius 1 is 1.53 bits per heavy atom. The molecule has 0 bridgehead atoms. The smallest absolute Gasteiger partial charge is 0.249 e. The molecule has 0 spiro atoms. The fourth-order valence-electron chi connectivity index (χ4n) is 1.64. The normalized spacial score (nSPS) is 20.7. The Bertz CT molecular complexity index is 226. The summed E-state index contributed by atoms with van der Waals surface area (Å²) in [6.45, 7) is 9.93. The van der Waals surface area contributed by atoms with Crippen LogP contribution in [0.2, 0.25) is 0 Å². The molecule has 0 unspecified atom stereocenters. The van der Waals surface area contributed by atoms with Gasteiger partial charge >= 0.3 is 0 Å². The zero-order valence-electron chi connectivity index (χ0n) is 10.1. The van der Waals surface area contributed by atoms with E-state index < -0.39 is 0 Å². The highest BCUT2D eigenvalue weighted by Crippen LogP contribution is 2.18. The molecular weight excluding hydrogens is 194 g/mol. The number of amides is 1. The maximum absolute atomic E-state index is 11.9. The molecular formula is C11H21NO3. The summed E-state index contributed by atoms with van der Waals surface area (Å²) in [6, 6.07) is 0. The van der Waals surface area contributed by atoms with Crippen LogP contribution in [-0.4, -0.2) is 48.8 Å². The average molecular weight is 215 g/mol. The monoisotopic (exact) mass is 215 g/mol. The topological polar surface area (TPSA) is 38.8 Å². The molecule has 0 saturated carbocycles. The Kier molecular flexibility index (Phi) is 4.11. The van der Waals surface area contributed by atoms with E-state index in [0.717, 1.165) is 0 Å². The summed E-state index contributed by atoms with van der Waals surface area (Å²) < 4.78 is 10.7. The fourth-order valence-corrected chi connectivity index (χ4v) is 1.64. The number of carbonyl (C=O) groups excluding carboxylic acids is 1. The number of ether oxygens (including phenoxy) is 2. The molecule has 1 saturated heterocycles. The highest BCUT2D eigenvalue weighted by atomic mass is 16.5. The van der Waals surface area contributed by atoms with Crippen molar-refractivity contribution in [3.63, 3.8) is 0 Å². The van der Waals surface area contributed by atoms with Crippen LogP contribution >= 0.6 is 0 Å². The van der Waals surface area contributed by atoms with Gasteiger partial charge in [-0.1, -0.05) is 0 Å². The molecule has 0 atom stereocenters. The van der Waals surface area contributed by atoms with E-state index in [9.17, 15) is 4.79 Å². The molecule has 1 fully saturated rings. The number of hydrogen-bond acceptors (Lipinski definition) is 3. The average Bonchev–Trinajstić information content (AvgIpc) is 2.13. The van der Waals surface area contributed by atoms with Crippen molar-refractivity contribution in [3.8, 4) is 0 Å². The van der Waals surface area contributed by atoms with Gasteiger partial charge in [-0.05, 0) is 27.7 Å². The summed E-state index contributed by atoms with van der Waals surface area (Å²) in [5, 5.41) is 0. The molecule has 0 aromatic carbocycles. The van der Waals surface area contributed by atoms with Crippen molar-refractivity contribution in [2.24, 2.45) is 0 Å². The summed E-state index contributed by atoms with van der Waals surface area (Å²) in [6.07, 6.45) is 0.0955. The molecule has 15 heavy (non-hydrogen) atoms. The predicted molar refractivity (Wildman–Crippen MR) is 57.7 cm³/mol. The van der Waals surface area contributed by atoms with Crippen LogP contribution < -0.4 is 0 Å². The maximum atomic E-state index is 11.9. The van der Waals surface area contributed by atoms with E-state index in [1.54, 1.807) is 0 Å². The molecule has 4 heteroatoms. The summed E-state index contributed by atoms with van der Waals surface area (Å²) in [5.41, 5.74) is -0.213. The van der Waals surface area contributed by atoms with Gasteiger partial charge < -0.3 is 14.4 Å². The highest BCUT2D eigenvalue weighted by molar-refractivity contribution is 5.78. The van der Waals surface area contributed by atoms with Gasteiger partial charge in [0.2, 0.25) is 5.91 Å². The van der Waals surface area contributed by atoms with Crippen molar-refractivity contribution in [3.05, 3.63) is 0 Å². The minimum absolute atomic E-state index is 0.0528. The first-order valence-corrected chi connectivity index (χ1v) is 5.43. The second kappa shape index (κ2) is 4.94. The lowest BCUT2D eigenvalue weighted by atomic mass is 10.0. The lowest BCUT2D eigenvalue weighted by molar-refractivity contribution is -0.152. The number of morpholine rings is 1. The van der Waals surface area contributed by atoms with E-state index >= 15 is 0 Å². The number of rotatable bonds is 3. The van der Waals surface area contributed by atoms with Gasteiger partial charge in [0, 0.05) is 6.54 Å². The molecule has 4 nitrogen and oxygen atoms in total. The Labute approximate surface area is 91.5 Å². The zero-order chi connectivity index (χ0) is 11.5. The van der Waals surface area contributed by atoms with E-state index in [1.807, 2.05) is 32.6 Å². The quantitative estimate of drug-likeness (QED) is 0.706. The lowest BCUT2D eigenvalue weighted by Crippen LogP contribution is -2.56. The number of hydrogen-bond donors (Lipinski definition) is 0. The molecule has 0 N–H and O–H groups in total. The van der Waals surface area contributed by atoms with Crippen LogP contribution in [0.3, 0.4) is 0 Å². The van der Waals surface area contributed by atoms with Gasteiger partial charge in [0.15, 0.2) is 0 Å². The number of nitrogens with zero attached hydrogens (tertiary/aromatic N) is 1. The minimum Gasteiger partial charge on any atom is -0.377 e. The fraction of sp³-hybridized carbons (Fsp3) is 0.909. The SMILES string of the molecule is CC(C)OCC(=O)N1CCOCC1(C)C. The molecule has 1 amide bonds. The van der Waals surface area contributed by atoms with Gasteiger partial charge in [0.05, 0.1) is 24.9 Å². The van der Waals surface area contributed by atoms with Crippen LogP contribution in [0.25, 0.3) is 0 Å². The van der Waals surface area contributed by atoms with E-state index in [2.05, 4.69) is 0 Å². The van der Waals surface area contributed by atoms with Gasteiger partial charge in [0.25, 0.3) is 0 Å². The van der Waals surface area contributed by atoms with Crippen LogP contribution in [0, 0.1) is 0 Å². The molecule has 1 heterocycles.